The standard InChI is InChI=1S/C13H20BrN3O3/c1-13(4-3-6-20-13)9-15-10-8-16-17(5-7-19-2)12(18)11(10)14/h8,15H,3-7,9H2,1-2H3. The summed E-state index contributed by atoms with van der Waals surface area (Å²) in [5, 5.41) is 7.38. The first-order chi connectivity index (χ1) is 9.56. The van der Waals surface area contributed by atoms with E-state index in [2.05, 4.69) is 33.3 Å². The minimum Gasteiger partial charge on any atom is -0.383 e. The van der Waals surface area contributed by atoms with Crippen molar-refractivity contribution in [2.45, 2.75) is 31.9 Å². The van der Waals surface area contributed by atoms with Gasteiger partial charge in [0.15, 0.2) is 0 Å². The Morgan fingerprint density at radius 2 is 2.45 bits per heavy atom. The van der Waals surface area contributed by atoms with Crippen molar-refractivity contribution in [2.75, 3.05) is 32.2 Å². The van der Waals surface area contributed by atoms with Crippen molar-refractivity contribution in [3.63, 3.8) is 0 Å². The Kier molecular flexibility index (Phi) is 5.17. The van der Waals surface area contributed by atoms with Crippen molar-refractivity contribution >= 4 is 21.6 Å². The molecular formula is C13H20BrN3O3. The van der Waals surface area contributed by atoms with E-state index >= 15 is 0 Å². The number of ether oxygens (including phenoxy) is 2. The molecule has 1 saturated heterocycles. The fourth-order valence-electron chi connectivity index (χ4n) is 2.18. The van der Waals surface area contributed by atoms with E-state index in [1.807, 2.05) is 0 Å². The van der Waals surface area contributed by atoms with E-state index in [1.165, 1.54) is 4.68 Å². The minimum atomic E-state index is -0.162. The van der Waals surface area contributed by atoms with Crippen LogP contribution in [0.5, 0.6) is 0 Å². The third-order valence-corrected chi connectivity index (χ3v) is 4.21. The first kappa shape index (κ1) is 15.5. The van der Waals surface area contributed by atoms with Gasteiger partial charge in [-0.2, -0.15) is 5.10 Å². The summed E-state index contributed by atoms with van der Waals surface area (Å²) in [5.74, 6) is 0. The summed E-state index contributed by atoms with van der Waals surface area (Å²) in [7, 11) is 1.60. The molecule has 1 atom stereocenters. The third kappa shape index (κ3) is 3.59. The first-order valence-corrected chi connectivity index (χ1v) is 7.47. The highest BCUT2D eigenvalue weighted by atomic mass is 79.9. The fraction of sp³-hybridized carbons (Fsp3) is 0.692. The number of rotatable bonds is 6. The molecule has 1 aromatic heterocycles. The number of anilines is 1. The highest BCUT2D eigenvalue weighted by Gasteiger charge is 2.29. The predicted octanol–water partition coefficient (Wildman–Crippen LogP) is 1.63. The SMILES string of the molecule is COCCn1ncc(NCC2(C)CCCO2)c(Br)c1=O. The number of hydrogen-bond acceptors (Lipinski definition) is 5. The average Bonchev–Trinajstić information content (AvgIpc) is 2.87. The van der Waals surface area contributed by atoms with Crippen LogP contribution in [-0.2, 0) is 16.0 Å². The molecule has 0 spiro atoms. The summed E-state index contributed by atoms with van der Waals surface area (Å²) >= 11 is 3.33. The Balaban J connectivity index is 2.05. The molecule has 0 amide bonds. The van der Waals surface area contributed by atoms with E-state index in [-0.39, 0.29) is 11.2 Å². The molecule has 1 fully saturated rings. The zero-order valence-electron chi connectivity index (χ0n) is 11.8. The monoisotopic (exact) mass is 345 g/mol. The number of methoxy groups -OCH3 is 1. The van der Waals surface area contributed by atoms with Crippen molar-refractivity contribution in [1.29, 1.82) is 0 Å². The van der Waals surface area contributed by atoms with Gasteiger partial charge in [0.1, 0.15) is 4.47 Å². The second kappa shape index (κ2) is 6.69. The quantitative estimate of drug-likeness (QED) is 0.848. The first-order valence-electron chi connectivity index (χ1n) is 6.68. The molecule has 2 rings (SSSR count). The number of aromatic nitrogens is 2. The van der Waals surface area contributed by atoms with Crippen LogP contribution in [0.25, 0.3) is 0 Å². The van der Waals surface area contributed by atoms with Crippen molar-refractivity contribution in [3.8, 4) is 0 Å². The van der Waals surface area contributed by atoms with Crippen LogP contribution in [0, 0.1) is 0 Å². The van der Waals surface area contributed by atoms with Gasteiger partial charge in [-0.25, -0.2) is 4.68 Å². The minimum absolute atomic E-state index is 0.162. The zero-order valence-corrected chi connectivity index (χ0v) is 13.4. The average molecular weight is 346 g/mol. The molecule has 7 heteroatoms. The van der Waals surface area contributed by atoms with Gasteiger partial charge in [-0.05, 0) is 35.7 Å². The third-order valence-electron chi connectivity index (χ3n) is 3.45. The van der Waals surface area contributed by atoms with E-state index < -0.39 is 0 Å². The maximum Gasteiger partial charge on any atom is 0.283 e. The normalized spacial score (nSPS) is 22.1. The second-order valence-corrected chi connectivity index (χ2v) is 5.94. The molecule has 0 bridgehead atoms. The largest absolute Gasteiger partial charge is 0.383 e. The Morgan fingerprint density at radius 3 is 3.10 bits per heavy atom. The molecule has 112 valence electrons. The molecule has 2 heterocycles. The van der Waals surface area contributed by atoms with Gasteiger partial charge < -0.3 is 14.8 Å². The topological polar surface area (TPSA) is 65.4 Å². The van der Waals surface area contributed by atoms with Crippen LogP contribution >= 0.6 is 15.9 Å². The summed E-state index contributed by atoms with van der Waals surface area (Å²) in [6.07, 6.45) is 3.76. The van der Waals surface area contributed by atoms with Gasteiger partial charge in [0.2, 0.25) is 0 Å². The van der Waals surface area contributed by atoms with Gasteiger partial charge in [0, 0.05) is 20.3 Å². The smallest absolute Gasteiger partial charge is 0.283 e. The van der Waals surface area contributed by atoms with Crippen molar-refractivity contribution in [3.05, 3.63) is 21.0 Å². The molecular weight excluding hydrogens is 326 g/mol. The lowest BCUT2D eigenvalue weighted by molar-refractivity contribution is 0.0315. The van der Waals surface area contributed by atoms with E-state index in [4.69, 9.17) is 9.47 Å². The van der Waals surface area contributed by atoms with Crippen LogP contribution in [-0.4, -0.2) is 42.2 Å². The molecule has 0 aliphatic carbocycles. The maximum atomic E-state index is 12.1. The van der Waals surface area contributed by atoms with E-state index in [0.717, 1.165) is 19.4 Å². The number of halogens is 1. The van der Waals surface area contributed by atoms with Gasteiger partial charge in [0.25, 0.3) is 5.56 Å². The molecule has 1 aliphatic heterocycles. The molecule has 0 radical (unpaired) electrons. The summed E-state index contributed by atoms with van der Waals surface area (Å²) in [6, 6.07) is 0. The van der Waals surface area contributed by atoms with Gasteiger partial charge in [-0.15, -0.1) is 0 Å². The molecule has 1 unspecified atom stereocenters. The molecule has 1 aliphatic rings. The lowest BCUT2D eigenvalue weighted by Gasteiger charge is -2.24. The van der Waals surface area contributed by atoms with E-state index in [9.17, 15) is 4.79 Å². The van der Waals surface area contributed by atoms with Crippen LogP contribution < -0.4 is 10.9 Å². The lowest BCUT2D eigenvalue weighted by Crippen LogP contribution is -2.33. The number of nitrogens with one attached hydrogen (secondary N) is 1. The van der Waals surface area contributed by atoms with Crippen LogP contribution in [0.1, 0.15) is 19.8 Å². The van der Waals surface area contributed by atoms with Crippen molar-refractivity contribution < 1.29 is 9.47 Å². The molecule has 0 saturated carbocycles. The van der Waals surface area contributed by atoms with Crippen LogP contribution in [0.3, 0.4) is 0 Å². The summed E-state index contributed by atoms with van der Waals surface area (Å²) < 4.78 is 12.5. The second-order valence-electron chi connectivity index (χ2n) is 5.15. The molecule has 1 aromatic rings. The highest BCUT2D eigenvalue weighted by Crippen LogP contribution is 2.26. The van der Waals surface area contributed by atoms with Gasteiger partial charge in [-0.1, -0.05) is 0 Å². The zero-order chi connectivity index (χ0) is 14.6. The Bertz CT molecular complexity index is 512. The Hall–Kier alpha value is -0.920. The van der Waals surface area contributed by atoms with Crippen LogP contribution in [0.2, 0.25) is 0 Å². The van der Waals surface area contributed by atoms with Gasteiger partial charge >= 0.3 is 0 Å². The maximum absolute atomic E-state index is 12.1. The number of nitrogens with zero attached hydrogens (tertiary/aromatic N) is 2. The van der Waals surface area contributed by atoms with Crippen molar-refractivity contribution in [2.24, 2.45) is 0 Å². The molecule has 0 aromatic carbocycles. The Labute approximate surface area is 126 Å². The van der Waals surface area contributed by atoms with Crippen LogP contribution in [0.15, 0.2) is 15.5 Å². The molecule has 20 heavy (non-hydrogen) atoms. The molecule has 1 N–H and O–H groups in total. The summed E-state index contributed by atoms with van der Waals surface area (Å²) in [6.45, 7) is 4.44. The van der Waals surface area contributed by atoms with E-state index in [0.29, 0.717) is 29.9 Å². The number of hydrogen-bond donors (Lipinski definition) is 1. The summed E-state index contributed by atoms with van der Waals surface area (Å²) in [5.41, 5.74) is 0.370. The summed E-state index contributed by atoms with van der Waals surface area (Å²) in [4.78, 5) is 12.1. The van der Waals surface area contributed by atoms with Gasteiger partial charge in [-0.3, -0.25) is 4.79 Å². The molecule has 6 nitrogen and oxygen atoms in total. The van der Waals surface area contributed by atoms with E-state index in [1.54, 1.807) is 13.3 Å². The van der Waals surface area contributed by atoms with Gasteiger partial charge in [0.05, 0.1) is 30.6 Å². The van der Waals surface area contributed by atoms with Crippen LogP contribution in [0.4, 0.5) is 5.69 Å². The van der Waals surface area contributed by atoms with Crippen molar-refractivity contribution in [1.82, 2.24) is 9.78 Å². The lowest BCUT2D eigenvalue weighted by atomic mass is 10.0. The Morgan fingerprint density at radius 1 is 1.65 bits per heavy atom. The highest BCUT2D eigenvalue weighted by molar-refractivity contribution is 9.10. The fourth-order valence-corrected chi connectivity index (χ4v) is 2.63. The predicted molar refractivity (Wildman–Crippen MR) is 80.2 cm³/mol.